The minimum atomic E-state index is 0.363. The molecule has 0 fully saturated rings. The Kier molecular flexibility index (Phi) is 3.66. The molecule has 2 heterocycles. The summed E-state index contributed by atoms with van der Waals surface area (Å²) in [4.78, 5) is 5.91. The first-order chi connectivity index (χ1) is 9.25. The van der Waals surface area contributed by atoms with E-state index in [2.05, 4.69) is 40.7 Å². The van der Waals surface area contributed by atoms with Crippen molar-refractivity contribution < 1.29 is 0 Å². The normalized spacial score (nSPS) is 18.8. The fourth-order valence-corrected chi connectivity index (χ4v) is 3.73. The molecule has 0 aromatic carbocycles. The highest BCUT2D eigenvalue weighted by atomic mass is 32.1. The van der Waals surface area contributed by atoms with Crippen molar-refractivity contribution in [2.45, 2.75) is 51.7 Å². The van der Waals surface area contributed by atoms with Gasteiger partial charge < -0.3 is 5.32 Å². The summed E-state index contributed by atoms with van der Waals surface area (Å²) < 4.78 is 1.99. The lowest BCUT2D eigenvalue weighted by Gasteiger charge is -2.23. The molecule has 0 saturated heterocycles. The molecule has 1 N–H and O–H groups in total. The first kappa shape index (κ1) is 12.8. The van der Waals surface area contributed by atoms with Crippen molar-refractivity contribution in [3.8, 4) is 0 Å². The minimum absolute atomic E-state index is 0.363. The van der Waals surface area contributed by atoms with Crippen LogP contribution in [0.1, 0.15) is 55.0 Å². The van der Waals surface area contributed by atoms with Crippen LogP contribution in [0.5, 0.6) is 0 Å². The van der Waals surface area contributed by atoms with Gasteiger partial charge >= 0.3 is 0 Å². The van der Waals surface area contributed by atoms with Crippen LogP contribution in [-0.4, -0.2) is 14.8 Å². The summed E-state index contributed by atoms with van der Waals surface area (Å²) in [6.45, 7) is 5.06. The second-order valence-electron chi connectivity index (χ2n) is 5.34. The standard InChI is InChI=1S/C14H20N4S/c1-10(2)18-14(16-9-17-18)8-15-12-4-3-5-13-11(12)6-7-19-13/h6-7,9-10,12,15H,3-5,8H2,1-2H3. The molecule has 0 amide bonds. The molecule has 0 spiro atoms. The van der Waals surface area contributed by atoms with Crippen LogP contribution in [-0.2, 0) is 13.0 Å². The quantitative estimate of drug-likeness (QED) is 0.933. The van der Waals surface area contributed by atoms with Gasteiger partial charge in [0.2, 0.25) is 0 Å². The van der Waals surface area contributed by atoms with E-state index in [1.807, 2.05) is 16.0 Å². The molecule has 1 aliphatic rings. The van der Waals surface area contributed by atoms with E-state index in [9.17, 15) is 0 Å². The fourth-order valence-electron chi connectivity index (χ4n) is 2.74. The van der Waals surface area contributed by atoms with E-state index in [-0.39, 0.29) is 0 Å². The van der Waals surface area contributed by atoms with Crippen LogP contribution in [0.15, 0.2) is 17.8 Å². The molecule has 0 saturated carbocycles. The number of rotatable bonds is 4. The summed E-state index contributed by atoms with van der Waals surface area (Å²) in [7, 11) is 0. The van der Waals surface area contributed by atoms with Crippen molar-refractivity contribution in [2.24, 2.45) is 0 Å². The molecule has 1 aliphatic carbocycles. The van der Waals surface area contributed by atoms with Crippen molar-refractivity contribution in [2.75, 3.05) is 0 Å². The average Bonchev–Trinajstić information content (AvgIpc) is 3.04. The van der Waals surface area contributed by atoms with Crippen LogP contribution in [0.25, 0.3) is 0 Å². The van der Waals surface area contributed by atoms with E-state index in [1.165, 1.54) is 24.8 Å². The van der Waals surface area contributed by atoms with E-state index in [0.29, 0.717) is 12.1 Å². The number of nitrogens with one attached hydrogen (secondary N) is 1. The molecule has 2 aromatic heterocycles. The second-order valence-corrected chi connectivity index (χ2v) is 6.34. The average molecular weight is 276 g/mol. The molecule has 4 nitrogen and oxygen atoms in total. The topological polar surface area (TPSA) is 42.7 Å². The molecule has 0 bridgehead atoms. The third-order valence-electron chi connectivity index (χ3n) is 3.69. The van der Waals surface area contributed by atoms with Gasteiger partial charge in [-0.15, -0.1) is 11.3 Å². The lowest BCUT2D eigenvalue weighted by Crippen LogP contribution is -2.26. The van der Waals surface area contributed by atoms with Crippen molar-refractivity contribution in [3.05, 3.63) is 34.0 Å². The Morgan fingerprint density at radius 2 is 2.42 bits per heavy atom. The smallest absolute Gasteiger partial charge is 0.141 e. The molecule has 19 heavy (non-hydrogen) atoms. The van der Waals surface area contributed by atoms with E-state index >= 15 is 0 Å². The van der Waals surface area contributed by atoms with Gasteiger partial charge in [0.15, 0.2) is 0 Å². The Morgan fingerprint density at radius 3 is 3.26 bits per heavy atom. The number of fused-ring (bicyclic) bond motifs is 1. The number of hydrogen-bond acceptors (Lipinski definition) is 4. The molecule has 0 radical (unpaired) electrons. The summed E-state index contributed by atoms with van der Waals surface area (Å²) in [5.74, 6) is 1.03. The van der Waals surface area contributed by atoms with Crippen molar-refractivity contribution in [3.63, 3.8) is 0 Å². The zero-order valence-electron chi connectivity index (χ0n) is 11.5. The van der Waals surface area contributed by atoms with Gasteiger partial charge in [-0.2, -0.15) is 5.10 Å². The molecular weight excluding hydrogens is 256 g/mol. The van der Waals surface area contributed by atoms with E-state index in [0.717, 1.165) is 12.4 Å². The van der Waals surface area contributed by atoms with Crippen molar-refractivity contribution >= 4 is 11.3 Å². The maximum absolute atomic E-state index is 4.36. The Bertz CT molecular complexity index is 543. The monoisotopic (exact) mass is 276 g/mol. The molecular formula is C14H20N4S. The van der Waals surface area contributed by atoms with Gasteiger partial charge in [-0.25, -0.2) is 9.67 Å². The van der Waals surface area contributed by atoms with E-state index in [1.54, 1.807) is 11.2 Å². The van der Waals surface area contributed by atoms with Crippen LogP contribution >= 0.6 is 11.3 Å². The summed E-state index contributed by atoms with van der Waals surface area (Å²) >= 11 is 1.89. The highest BCUT2D eigenvalue weighted by molar-refractivity contribution is 7.10. The van der Waals surface area contributed by atoms with Gasteiger partial charge in [0.05, 0.1) is 6.54 Å². The van der Waals surface area contributed by atoms with Gasteiger partial charge in [-0.1, -0.05) is 0 Å². The van der Waals surface area contributed by atoms with Gasteiger partial charge in [-0.3, -0.25) is 0 Å². The Labute approximate surface area is 117 Å². The number of aryl methyl sites for hydroxylation is 1. The third kappa shape index (κ3) is 2.58. The second kappa shape index (κ2) is 5.43. The molecule has 2 aromatic rings. The molecule has 0 aliphatic heterocycles. The van der Waals surface area contributed by atoms with Gasteiger partial charge in [0.1, 0.15) is 12.2 Å². The lowest BCUT2D eigenvalue weighted by atomic mass is 9.94. The van der Waals surface area contributed by atoms with Crippen LogP contribution < -0.4 is 5.32 Å². The number of thiophene rings is 1. The van der Waals surface area contributed by atoms with Crippen molar-refractivity contribution in [1.82, 2.24) is 20.1 Å². The number of hydrogen-bond donors (Lipinski definition) is 1. The van der Waals surface area contributed by atoms with Gasteiger partial charge in [0.25, 0.3) is 0 Å². The summed E-state index contributed by atoms with van der Waals surface area (Å²) in [6, 6.07) is 3.11. The van der Waals surface area contributed by atoms with Gasteiger partial charge in [0, 0.05) is 17.0 Å². The van der Waals surface area contributed by atoms with Crippen LogP contribution in [0.3, 0.4) is 0 Å². The van der Waals surface area contributed by atoms with Crippen LogP contribution in [0.4, 0.5) is 0 Å². The summed E-state index contributed by atoms with van der Waals surface area (Å²) in [5.41, 5.74) is 1.49. The molecule has 3 rings (SSSR count). The SMILES string of the molecule is CC(C)n1ncnc1CNC1CCCc2sccc21. The van der Waals surface area contributed by atoms with Crippen molar-refractivity contribution in [1.29, 1.82) is 0 Å². The first-order valence-corrected chi connectivity index (χ1v) is 7.81. The lowest BCUT2D eigenvalue weighted by molar-refractivity contribution is 0.432. The van der Waals surface area contributed by atoms with Gasteiger partial charge in [-0.05, 0) is 50.1 Å². The molecule has 1 unspecified atom stereocenters. The predicted molar refractivity (Wildman–Crippen MR) is 77.2 cm³/mol. The number of nitrogens with zero attached hydrogens (tertiary/aromatic N) is 3. The highest BCUT2D eigenvalue weighted by Gasteiger charge is 2.21. The third-order valence-corrected chi connectivity index (χ3v) is 4.69. The Balaban J connectivity index is 1.69. The first-order valence-electron chi connectivity index (χ1n) is 6.93. The molecule has 1 atom stereocenters. The maximum atomic E-state index is 4.36. The molecule has 5 heteroatoms. The number of aromatic nitrogens is 3. The van der Waals surface area contributed by atoms with Crippen LogP contribution in [0.2, 0.25) is 0 Å². The largest absolute Gasteiger partial charge is 0.303 e. The predicted octanol–water partition coefficient (Wildman–Crippen LogP) is 3.09. The summed E-state index contributed by atoms with van der Waals surface area (Å²) in [6.07, 6.45) is 5.39. The van der Waals surface area contributed by atoms with Crippen LogP contribution in [0, 0.1) is 0 Å². The maximum Gasteiger partial charge on any atom is 0.141 e. The van der Waals surface area contributed by atoms with E-state index < -0.39 is 0 Å². The highest BCUT2D eigenvalue weighted by Crippen LogP contribution is 2.33. The Morgan fingerprint density at radius 1 is 1.53 bits per heavy atom. The van der Waals surface area contributed by atoms with E-state index in [4.69, 9.17) is 0 Å². The zero-order chi connectivity index (χ0) is 13.2. The fraction of sp³-hybridized carbons (Fsp3) is 0.571. The Hall–Kier alpha value is -1.20. The zero-order valence-corrected chi connectivity index (χ0v) is 12.3. The summed E-state index contributed by atoms with van der Waals surface area (Å²) in [5, 5.41) is 10.1. The minimum Gasteiger partial charge on any atom is -0.303 e. The molecule has 102 valence electrons.